The Labute approximate surface area is 124 Å². The van der Waals surface area contributed by atoms with Gasteiger partial charge in [-0.05, 0) is 12.1 Å². The van der Waals surface area contributed by atoms with E-state index in [1.165, 1.54) is 0 Å². The quantitative estimate of drug-likeness (QED) is 0.878. The first-order valence-corrected chi connectivity index (χ1v) is 7.11. The lowest BCUT2D eigenvalue weighted by Crippen LogP contribution is -2.53. The molecule has 2 heterocycles. The highest BCUT2D eigenvalue weighted by atomic mass is 79.9. The molecule has 104 valence electrons. The molecule has 0 radical (unpaired) electrons. The minimum atomic E-state index is -0.306. The van der Waals surface area contributed by atoms with Gasteiger partial charge in [0.15, 0.2) is 0 Å². The average molecular weight is 337 g/mol. The largest absolute Gasteiger partial charge is 0.353 e. The minimum absolute atomic E-state index is 0.0292. The maximum atomic E-state index is 11.7. The Kier molecular flexibility index (Phi) is 3.79. The van der Waals surface area contributed by atoms with Gasteiger partial charge in [-0.15, -0.1) is 0 Å². The summed E-state index contributed by atoms with van der Waals surface area (Å²) in [5.74, 6) is 0.950. The van der Waals surface area contributed by atoms with Crippen molar-refractivity contribution >= 4 is 21.8 Å². The molecule has 6 nitrogen and oxygen atoms in total. The van der Waals surface area contributed by atoms with Gasteiger partial charge in [-0.2, -0.15) is 4.98 Å². The van der Waals surface area contributed by atoms with Crippen molar-refractivity contribution in [3.05, 3.63) is 34.6 Å². The zero-order chi connectivity index (χ0) is 13.9. The standard InChI is InChI=1S/C13H13BrN4O2/c14-9-3-1-2-8(6-9)12-17-11(20-18-12)7-10-13(19)16-5-4-15-10/h1-3,6,10,15H,4-5,7H2,(H,16,19). The molecule has 1 saturated heterocycles. The summed E-state index contributed by atoms with van der Waals surface area (Å²) in [4.78, 5) is 16.0. The lowest BCUT2D eigenvalue weighted by atomic mass is 10.1. The van der Waals surface area contributed by atoms with Crippen LogP contribution in [0.1, 0.15) is 5.89 Å². The number of carbonyl (C=O) groups excluding carboxylic acids is 1. The third kappa shape index (κ3) is 2.88. The van der Waals surface area contributed by atoms with Crippen molar-refractivity contribution in [2.75, 3.05) is 13.1 Å². The summed E-state index contributed by atoms with van der Waals surface area (Å²) in [5.41, 5.74) is 0.871. The zero-order valence-electron chi connectivity index (χ0n) is 10.6. The Morgan fingerprint density at radius 1 is 1.40 bits per heavy atom. The molecule has 20 heavy (non-hydrogen) atoms. The monoisotopic (exact) mass is 336 g/mol. The summed E-state index contributed by atoms with van der Waals surface area (Å²) in [6.07, 6.45) is 0.396. The molecule has 1 aliphatic rings. The molecule has 0 spiro atoms. The fourth-order valence-corrected chi connectivity index (χ4v) is 2.47. The lowest BCUT2D eigenvalue weighted by Gasteiger charge is -2.21. The summed E-state index contributed by atoms with van der Waals surface area (Å²) >= 11 is 3.40. The number of benzene rings is 1. The number of aromatic nitrogens is 2. The first kappa shape index (κ1) is 13.3. The number of piperazine rings is 1. The van der Waals surface area contributed by atoms with E-state index in [4.69, 9.17) is 4.52 Å². The van der Waals surface area contributed by atoms with Gasteiger partial charge in [0.05, 0.1) is 12.5 Å². The van der Waals surface area contributed by atoms with Crippen LogP contribution in [0.5, 0.6) is 0 Å². The number of amides is 1. The summed E-state index contributed by atoms with van der Waals surface area (Å²) in [6, 6.07) is 7.36. The van der Waals surface area contributed by atoms with Crippen molar-refractivity contribution in [1.82, 2.24) is 20.8 Å². The van der Waals surface area contributed by atoms with Crippen molar-refractivity contribution in [2.45, 2.75) is 12.5 Å². The second-order valence-corrected chi connectivity index (χ2v) is 5.44. The summed E-state index contributed by atoms with van der Waals surface area (Å²) in [5, 5.41) is 9.88. The second kappa shape index (κ2) is 5.72. The number of rotatable bonds is 3. The van der Waals surface area contributed by atoms with Gasteiger partial charge in [0.1, 0.15) is 0 Å². The summed E-state index contributed by atoms with van der Waals surface area (Å²) < 4.78 is 6.17. The zero-order valence-corrected chi connectivity index (χ0v) is 12.2. The van der Waals surface area contributed by atoms with Gasteiger partial charge in [0.2, 0.25) is 17.6 Å². The Morgan fingerprint density at radius 2 is 2.30 bits per heavy atom. The maximum Gasteiger partial charge on any atom is 0.237 e. The molecule has 0 aliphatic carbocycles. The predicted octanol–water partition coefficient (Wildman–Crippen LogP) is 1.13. The van der Waals surface area contributed by atoms with Crippen molar-refractivity contribution in [3.63, 3.8) is 0 Å². The van der Waals surface area contributed by atoms with Crippen LogP contribution in [0.4, 0.5) is 0 Å². The molecule has 0 bridgehead atoms. The highest BCUT2D eigenvalue weighted by Gasteiger charge is 2.24. The van der Waals surface area contributed by atoms with E-state index in [9.17, 15) is 4.79 Å². The van der Waals surface area contributed by atoms with Crippen LogP contribution in [-0.4, -0.2) is 35.2 Å². The molecule has 2 N–H and O–H groups in total. The minimum Gasteiger partial charge on any atom is -0.353 e. The fourth-order valence-electron chi connectivity index (χ4n) is 2.07. The van der Waals surface area contributed by atoms with E-state index in [1.54, 1.807) is 0 Å². The van der Waals surface area contributed by atoms with E-state index in [1.807, 2.05) is 24.3 Å². The number of carbonyl (C=O) groups is 1. The van der Waals surface area contributed by atoms with Crippen LogP contribution in [-0.2, 0) is 11.2 Å². The van der Waals surface area contributed by atoms with Gasteiger partial charge in [0.25, 0.3) is 0 Å². The molecular weight excluding hydrogens is 324 g/mol. The molecule has 1 fully saturated rings. The molecule has 0 saturated carbocycles. The molecule has 1 amide bonds. The molecule has 1 aromatic carbocycles. The average Bonchev–Trinajstić information content (AvgIpc) is 2.90. The van der Waals surface area contributed by atoms with Crippen molar-refractivity contribution in [3.8, 4) is 11.4 Å². The number of hydrogen-bond donors (Lipinski definition) is 2. The Bertz CT molecular complexity index is 628. The Balaban J connectivity index is 1.75. The van der Waals surface area contributed by atoms with Crippen LogP contribution in [0.2, 0.25) is 0 Å². The molecule has 1 unspecified atom stereocenters. The number of hydrogen-bond acceptors (Lipinski definition) is 5. The summed E-state index contributed by atoms with van der Waals surface area (Å²) in [7, 11) is 0. The number of nitrogens with one attached hydrogen (secondary N) is 2. The van der Waals surface area contributed by atoms with Crippen LogP contribution in [0.25, 0.3) is 11.4 Å². The van der Waals surface area contributed by atoms with Crippen molar-refractivity contribution < 1.29 is 9.32 Å². The second-order valence-electron chi connectivity index (χ2n) is 4.52. The van der Waals surface area contributed by atoms with Crippen LogP contribution < -0.4 is 10.6 Å². The lowest BCUT2D eigenvalue weighted by molar-refractivity contribution is -0.124. The first-order chi connectivity index (χ1) is 9.72. The van der Waals surface area contributed by atoms with E-state index >= 15 is 0 Å². The Hall–Kier alpha value is -1.73. The molecule has 1 aliphatic heterocycles. The van der Waals surface area contributed by atoms with Gasteiger partial charge < -0.3 is 15.2 Å². The summed E-state index contributed by atoms with van der Waals surface area (Å²) in [6.45, 7) is 1.41. The smallest absolute Gasteiger partial charge is 0.237 e. The van der Waals surface area contributed by atoms with Crippen LogP contribution in [0.15, 0.2) is 33.3 Å². The number of nitrogens with zero attached hydrogens (tertiary/aromatic N) is 2. The van der Waals surface area contributed by atoms with E-state index in [-0.39, 0.29) is 11.9 Å². The normalized spacial score (nSPS) is 18.9. The van der Waals surface area contributed by atoms with Gasteiger partial charge in [-0.3, -0.25) is 4.79 Å². The van der Waals surface area contributed by atoms with E-state index in [0.717, 1.165) is 16.6 Å². The molecule has 1 aromatic heterocycles. The predicted molar refractivity (Wildman–Crippen MR) is 75.9 cm³/mol. The van der Waals surface area contributed by atoms with E-state index < -0.39 is 0 Å². The van der Waals surface area contributed by atoms with Crippen LogP contribution in [0.3, 0.4) is 0 Å². The van der Waals surface area contributed by atoms with E-state index in [2.05, 4.69) is 36.7 Å². The third-order valence-electron chi connectivity index (χ3n) is 3.06. The molecule has 3 rings (SSSR count). The highest BCUT2D eigenvalue weighted by Crippen LogP contribution is 2.20. The highest BCUT2D eigenvalue weighted by molar-refractivity contribution is 9.10. The maximum absolute atomic E-state index is 11.7. The van der Waals surface area contributed by atoms with Gasteiger partial charge in [-0.25, -0.2) is 0 Å². The SMILES string of the molecule is O=C1NCCNC1Cc1nc(-c2cccc(Br)c2)no1. The van der Waals surface area contributed by atoms with Gasteiger partial charge >= 0.3 is 0 Å². The first-order valence-electron chi connectivity index (χ1n) is 6.32. The molecule has 2 aromatic rings. The number of halogens is 1. The van der Waals surface area contributed by atoms with Crippen molar-refractivity contribution in [1.29, 1.82) is 0 Å². The van der Waals surface area contributed by atoms with Crippen molar-refractivity contribution in [2.24, 2.45) is 0 Å². The Morgan fingerprint density at radius 3 is 3.10 bits per heavy atom. The molecular formula is C13H13BrN4O2. The molecule has 1 atom stereocenters. The van der Waals surface area contributed by atoms with Crippen LogP contribution >= 0.6 is 15.9 Å². The van der Waals surface area contributed by atoms with Gasteiger partial charge in [0, 0.05) is 23.1 Å². The third-order valence-corrected chi connectivity index (χ3v) is 3.55. The topological polar surface area (TPSA) is 80.0 Å². The van der Waals surface area contributed by atoms with Crippen LogP contribution in [0, 0.1) is 0 Å². The fraction of sp³-hybridized carbons (Fsp3) is 0.308. The van der Waals surface area contributed by atoms with E-state index in [0.29, 0.717) is 24.7 Å². The van der Waals surface area contributed by atoms with Gasteiger partial charge in [-0.1, -0.05) is 33.2 Å². The molecule has 7 heteroatoms.